The summed E-state index contributed by atoms with van der Waals surface area (Å²) in [6, 6.07) is 0. The summed E-state index contributed by atoms with van der Waals surface area (Å²) in [4.78, 5) is 0. The van der Waals surface area contributed by atoms with Crippen LogP contribution in [0.5, 0.6) is 0 Å². The van der Waals surface area contributed by atoms with Gasteiger partial charge in [-0.25, -0.2) is 0 Å². The highest BCUT2D eigenvalue weighted by atomic mass is 32.2. The standard InChI is InChI=1S/C76H134F16O12S3/c1-9-17-23-27-37-45-55-95-65(93-53-43-35-25-19-11-3)105-75(99-59-67(77,78)79,103-71(89,90)69(83,84)85)73(97-57-61(15-7)47-21-13-5,101-63-49-39-31-29-32-40-50-63)107-74(98-58-62(16-8)48-22-14-6,102-64-51-41-33-30-34-42-52-64)76(100-60-68(80,81)82,104-72(91,92)70(86,87)88)106-66(94-54-44-36-26-20-12-4)96-56-46-38-28-24-18-10-2/h61-66H,9-60H2,1-8H3. The molecule has 2 aliphatic carbocycles. The Morgan fingerprint density at radius 1 is 0.308 bits per heavy atom. The van der Waals surface area contributed by atoms with E-state index in [0.29, 0.717) is 116 Å². The van der Waals surface area contributed by atoms with Crippen molar-refractivity contribution in [3.8, 4) is 0 Å². The summed E-state index contributed by atoms with van der Waals surface area (Å²) in [5, 5.41) is -18.2. The predicted octanol–water partition coefficient (Wildman–Crippen LogP) is 27.3. The van der Waals surface area contributed by atoms with E-state index in [9.17, 15) is 0 Å². The number of hydrogen-bond acceptors (Lipinski definition) is 15. The van der Waals surface area contributed by atoms with Gasteiger partial charge in [-0.05, 0) is 111 Å². The number of thioether (sulfide) groups is 3. The molecule has 8 unspecified atom stereocenters. The van der Waals surface area contributed by atoms with Crippen LogP contribution in [0.4, 0.5) is 70.2 Å². The molecule has 2 fully saturated rings. The van der Waals surface area contributed by atoms with Crippen molar-refractivity contribution in [2.75, 3.05) is 52.9 Å². The van der Waals surface area contributed by atoms with E-state index in [-0.39, 0.29) is 103 Å². The highest BCUT2D eigenvalue weighted by Crippen LogP contribution is 2.65. The van der Waals surface area contributed by atoms with Crippen LogP contribution >= 0.6 is 35.3 Å². The Morgan fingerprint density at radius 2 is 0.570 bits per heavy atom. The summed E-state index contributed by atoms with van der Waals surface area (Å²) < 4.78 is 337. The number of rotatable bonds is 64. The molecule has 0 amide bonds. The second-order valence-electron chi connectivity index (χ2n) is 28.7. The van der Waals surface area contributed by atoms with Crippen LogP contribution in [0.15, 0.2) is 0 Å². The minimum absolute atomic E-state index is 0.0387. The zero-order valence-electron chi connectivity index (χ0n) is 65.4. The summed E-state index contributed by atoms with van der Waals surface area (Å²) >= 11 is -1.73. The fourth-order valence-corrected chi connectivity index (χ4v) is 16.6. The third-order valence-electron chi connectivity index (χ3n) is 18.9. The second-order valence-corrected chi connectivity index (χ2v) is 32.2. The molecule has 0 bridgehead atoms. The van der Waals surface area contributed by atoms with E-state index in [0.717, 1.165) is 64.2 Å². The summed E-state index contributed by atoms with van der Waals surface area (Å²) in [7, 11) is 0. The molecular formula is C76H134F16O12S3. The van der Waals surface area contributed by atoms with Crippen molar-refractivity contribution in [2.45, 2.75) is 419 Å². The first-order chi connectivity index (χ1) is 50.7. The number of ether oxygens (including phenoxy) is 12. The fourth-order valence-electron chi connectivity index (χ4n) is 12.4. The molecule has 2 saturated carbocycles. The molecular weight excluding hydrogens is 1500 g/mol. The molecule has 0 aromatic carbocycles. The van der Waals surface area contributed by atoms with Gasteiger partial charge < -0.3 is 47.4 Å². The van der Waals surface area contributed by atoms with Gasteiger partial charge in [0.2, 0.25) is 11.2 Å². The number of unbranched alkanes of at least 4 members (excludes halogenated alkanes) is 20. The van der Waals surface area contributed by atoms with E-state index in [1.165, 1.54) is 0 Å². The smallest absolute Gasteiger partial charge is 0.343 e. The van der Waals surface area contributed by atoms with E-state index >= 15 is 70.2 Å². The molecule has 0 saturated heterocycles. The molecule has 0 heterocycles. The Balaban J connectivity index is 4.05. The van der Waals surface area contributed by atoms with Crippen LogP contribution in [0.2, 0.25) is 0 Å². The van der Waals surface area contributed by atoms with Crippen LogP contribution in [0.25, 0.3) is 0 Å². The summed E-state index contributed by atoms with van der Waals surface area (Å²) in [6.07, 6.45) is -25.4. The molecule has 0 aromatic rings. The SMILES string of the molecule is CCCCCCCCOC(OCCCCCCC)SC(OCC(F)(F)F)(OC(F)(F)C(F)(F)F)C(OCC(CC)CCCC)(OC1CCCCCCC1)SC(OCC(CC)CCCC)(OC1CCCCCCC1)C(OCC(F)(F)F)(OC(F)(F)C(F)(F)F)SC(OCCCCCCC)OCCCCCCCC. The van der Waals surface area contributed by atoms with E-state index in [4.69, 9.17) is 56.8 Å². The van der Waals surface area contributed by atoms with Gasteiger partial charge in [-0.1, -0.05) is 274 Å². The fraction of sp³-hybridized carbons (Fsp3) is 1.00. The second kappa shape index (κ2) is 55.1. The van der Waals surface area contributed by atoms with Gasteiger partial charge in [0.15, 0.2) is 0 Å². The average Bonchev–Trinajstić information content (AvgIpc) is 0.711. The van der Waals surface area contributed by atoms with Crippen molar-refractivity contribution in [3.05, 3.63) is 0 Å². The first-order valence-electron chi connectivity index (χ1n) is 40.5. The van der Waals surface area contributed by atoms with Gasteiger partial charge in [0, 0.05) is 0 Å². The molecule has 0 spiro atoms. The number of alkyl halides is 16. The molecule has 2 rings (SSSR count). The monoisotopic (exact) mass is 1640 g/mol. The van der Waals surface area contributed by atoms with Gasteiger partial charge >= 0.3 is 36.9 Å². The highest BCUT2D eigenvalue weighted by molar-refractivity contribution is 8.06. The lowest BCUT2D eigenvalue weighted by atomic mass is 9.98. The number of hydrogen-bond donors (Lipinski definition) is 0. The third-order valence-corrected chi connectivity index (χ3v) is 23.2. The van der Waals surface area contributed by atoms with Gasteiger partial charge in [-0.3, -0.25) is 9.47 Å². The van der Waals surface area contributed by atoms with Crippen molar-refractivity contribution < 1.29 is 127 Å². The molecule has 107 heavy (non-hydrogen) atoms. The highest BCUT2D eigenvalue weighted by Gasteiger charge is 2.78. The van der Waals surface area contributed by atoms with Crippen LogP contribution in [-0.2, 0) is 56.8 Å². The Morgan fingerprint density at radius 3 is 0.822 bits per heavy atom. The van der Waals surface area contributed by atoms with Crippen LogP contribution in [0, 0.1) is 11.8 Å². The van der Waals surface area contributed by atoms with Gasteiger partial charge in [0.25, 0.3) is 20.5 Å². The van der Waals surface area contributed by atoms with Crippen LogP contribution < -0.4 is 0 Å². The quantitative estimate of drug-likeness (QED) is 0.0327. The van der Waals surface area contributed by atoms with E-state index in [1.54, 1.807) is 27.7 Å². The topological polar surface area (TPSA) is 111 Å². The van der Waals surface area contributed by atoms with E-state index in [1.807, 2.05) is 27.7 Å². The van der Waals surface area contributed by atoms with Crippen molar-refractivity contribution in [3.63, 3.8) is 0 Å². The molecule has 0 aliphatic heterocycles. The predicted molar refractivity (Wildman–Crippen MR) is 390 cm³/mol. The molecule has 640 valence electrons. The Labute approximate surface area is 642 Å². The molecule has 0 N–H and O–H groups in total. The molecule has 12 nitrogen and oxygen atoms in total. The minimum Gasteiger partial charge on any atom is -0.343 e. The van der Waals surface area contributed by atoms with Crippen molar-refractivity contribution in [2.24, 2.45) is 11.8 Å². The lowest BCUT2D eigenvalue weighted by Crippen LogP contribution is -2.69. The van der Waals surface area contributed by atoms with Gasteiger partial charge in [-0.2, -0.15) is 70.2 Å². The van der Waals surface area contributed by atoms with Crippen molar-refractivity contribution >= 4 is 35.3 Å². The van der Waals surface area contributed by atoms with Gasteiger partial charge in [0.05, 0.1) is 51.8 Å². The zero-order valence-corrected chi connectivity index (χ0v) is 67.9. The maximum absolute atomic E-state index is 17.6. The maximum atomic E-state index is 17.6. The molecule has 8 atom stereocenters. The van der Waals surface area contributed by atoms with Crippen LogP contribution in [0.3, 0.4) is 0 Å². The Bertz CT molecular complexity index is 2010. The summed E-state index contributed by atoms with van der Waals surface area (Å²) in [6.45, 7) is 5.21. The van der Waals surface area contributed by atoms with E-state index in [2.05, 4.69) is 0 Å². The van der Waals surface area contributed by atoms with Crippen LogP contribution in [-0.4, -0.2) is 134 Å². The van der Waals surface area contributed by atoms with Gasteiger partial charge in [-0.15, -0.1) is 0 Å². The van der Waals surface area contributed by atoms with Crippen molar-refractivity contribution in [1.82, 2.24) is 0 Å². The summed E-state index contributed by atoms with van der Waals surface area (Å²) in [5.41, 5.74) is -4.75. The Hall–Kier alpha value is -0.550. The number of halogens is 16. The average molecular weight is 1640 g/mol. The first kappa shape index (κ1) is 103. The van der Waals surface area contributed by atoms with Crippen molar-refractivity contribution in [1.29, 1.82) is 0 Å². The third kappa shape index (κ3) is 41.2. The largest absolute Gasteiger partial charge is 0.483 e. The maximum Gasteiger partial charge on any atom is 0.483 e. The molecule has 31 heteroatoms. The lowest BCUT2D eigenvalue weighted by Gasteiger charge is -2.56. The van der Waals surface area contributed by atoms with Gasteiger partial charge in [0.1, 0.15) is 13.2 Å². The minimum atomic E-state index is -6.95. The molecule has 0 aromatic heterocycles. The molecule has 0 radical (unpaired) electrons. The van der Waals surface area contributed by atoms with E-state index < -0.39 is 181 Å². The first-order valence-corrected chi connectivity index (χ1v) is 43.1. The summed E-state index contributed by atoms with van der Waals surface area (Å²) in [5.74, 6) is -1.83. The lowest BCUT2D eigenvalue weighted by molar-refractivity contribution is -0.473. The zero-order chi connectivity index (χ0) is 79.8. The normalized spacial score (nSPS) is 19.1. The van der Waals surface area contributed by atoms with Crippen LogP contribution in [0.1, 0.15) is 338 Å². The molecule has 2 aliphatic rings. The Kier molecular flexibility index (Phi) is 52.8.